The van der Waals surface area contributed by atoms with Gasteiger partial charge in [0.2, 0.25) is 0 Å². The summed E-state index contributed by atoms with van der Waals surface area (Å²) in [5.74, 6) is -1.20. The van der Waals surface area contributed by atoms with Gasteiger partial charge in [-0.3, -0.25) is 4.79 Å². The van der Waals surface area contributed by atoms with Crippen molar-refractivity contribution in [2.24, 2.45) is 0 Å². The van der Waals surface area contributed by atoms with Gasteiger partial charge in [0, 0.05) is 12.5 Å². The Bertz CT molecular complexity index is 751. The molecule has 146 valence electrons. The maximum Gasteiger partial charge on any atom is 0.342 e. The van der Waals surface area contributed by atoms with Gasteiger partial charge in [-0.05, 0) is 37.5 Å². The van der Waals surface area contributed by atoms with Crippen molar-refractivity contribution in [1.82, 2.24) is 0 Å². The number of aromatic hydroxyl groups is 1. The number of fused-ring (bicyclic) bond motifs is 1. The number of aliphatic hydroxyl groups excluding tert-OH is 2. The van der Waals surface area contributed by atoms with Crippen molar-refractivity contribution >= 4 is 17.8 Å². The van der Waals surface area contributed by atoms with Gasteiger partial charge in [0.05, 0.1) is 13.2 Å². The Balaban J connectivity index is 2.39. The lowest BCUT2D eigenvalue weighted by Gasteiger charge is -2.15. The van der Waals surface area contributed by atoms with Crippen LogP contribution in [0, 0.1) is 0 Å². The van der Waals surface area contributed by atoms with E-state index in [-0.39, 0.29) is 24.2 Å². The van der Waals surface area contributed by atoms with Gasteiger partial charge in [0.1, 0.15) is 29.3 Å². The number of phenolic OH excluding ortho intramolecular Hbond substituents is 1. The molecule has 3 N–H and O–H groups in total. The molecule has 1 aliphatic rings. The molecule has 0 amide bonds. The molecule has 0 saturated heterocycles. The number of hydrogen-bond donors (Lipinski definition) is 3. The van der Waals surface area contributed by atoms with Gasteiger partial charge in [0.15, 0.2) is 5.78 Å². The van der Waals surface area contributed by atoms with Gasteiger partial charge in [-0.2, -0.15) is 0 Å². The molecule has 27 heavy (non-hydrogen) atoms. The Morgan fingerprint density at radius 2 is 1.89 bits per heavy atom. The second kappa shape index (κ2) is 9.34. The SMILES string of the molecule is COc1cc(O)c2c(c1)/C=C/CC[C@H](O)[C@H](O)C(=O)/C=C\C[C@@H](C)OC2=O. The molecule has 0 fully saturated rings. The fourth-order valence-corrected chi connectivity index (χ4v) is 2.68. The van der Waals surface area contributed by atoms with Crippen molar-refractivity contribution < 1.29 is 34.4 Å². The van der Waals surface area contributed by atoms with Crippen molar-refractivity contribution in [3.05, 3.63) is 41.5 Å². The first-order chi connectivity index (χ1) is 12.8. The van der Waals surface area contributed by atoms with Crippen LogP contribution in [0.2, 0.25) is 0 Å². The van der Waals surface area contributed by atoms with Gasteiger partial charge in [-0.1, -0.05) is 18.2 Å². The predicted molar refractivity (Wildman–Crippen MR) is 98.6 cm³/mol. The van der Waals surface area contributed by atoms with Gasteiger partial charge in [-0.15, -0.1) is 0 Å². The van der Waals surface area contributed by atoms with Crippen LogP contribution >= 0.6 is 0 Å². The Morgan fingerprint density at radius 1 is 1.15 bits per heavy atom. The van der Waals surface area contributed by atoms with E-state index < -0.39 is 30.1 Å². The van der Waals surface area contributed by atoms with Gasteiger partial charge in [0.25, 0.3) is 0 Å². The Hall–Kier alpha value is -2.64. The molecule has 1 aliphatic heterocycles. The largest absolute Gasteiger partial charge is 0.507 e. The molecule has 1 aromatic rings. The lowest BCUT2D eigenvalue weighted by atomic mass is 10.0. The van der Waals surface area contributed by atoms with Crippen molar-refractivity contribution in [2.75, 3.05) is 7.11 Å². The van der Waals surface area contributed by atoms with E-state index in [2.05, 4.69) is 0 Å². The number of ketones is 1. The van der Waals surface area contributed by atoms with E-state index in [1.807, 2.05) is 0 Å². The van der Waals surface area contributed by atoms with E-state index in [9.17, 15) is 24.9 Å². The third-order valence-corrected chi connectivity index (χ3v) is 4.20. The van der Waals surface area contributed by atoms with Crippen molar-refractivity contribution in [3.63, 3.8) is 0 Å². The summed E-state index contributed by atoms with van der Waals surface area (Å²) in [4.78, 5) is 24.4. The van der Waals surface area contributed by atoms with E-state index in [0.29, 0.717) is 17.7 Å². The van der Waals surface area contributed by atoms with Crippen LogP contribution in [0.3, 0.4) is 0 Å². The molecule has 0 unspecified atom stereocenters. The molecule has 0 bridgehead atoms. The first-order valence-electron chi connectivity index (χ1n) is 8.68. The highest BCUT2D eigenvalue weighted by Gasteiger charge is 2.23. The Kier molecular flexibility index (Phi) is 7.15. The summed E-state index contributed by atoms with van der Waals surface area (Å²) >= 11 is 0. The summed E-state index contributed by atoms with van der Waals surface area (Å²) in [6.07, 6.45) is 3.38. The Morgan fingerprint density at radius 3 is 2.59 bits per heavy atom. The number of benzene rings is 1. The average Bonchev–Trinajstić information content (AvgIpc) is 2.62. The van der Waals surface area contributed by atoms with E-state index in [0.717, 1.165) is 0 Å². The smallest absolute Gasteiger partial charge is 0.342 e. The molecule has 0 radical (unpaired) electrons. The second-order valence-electron chi connectivity index (χ2n) is 6.36. The number of allylic oxidation sites excluding steroid dienone is 1. The summed E-state index contributed by atoms with van der Waals surface area (Å²) in [5, 5.41) is 30.1. The van der Waals surface area contributed by atoms with Gasteiger partial charge >= 0.3 is 5.97 Å². The fourth-order valence-electron chi connectivity index (χ4n) is 2.68. The number of ether oxygens (including phenoxy) is 2. The monoisotopic (exact) mass is 376 g/mol. The molecule has 0 saturated carbocycles. The van der Waals surface area contributed by atoms with Gasteiger partial charge in [-0.25, -0.2) is 4.79 Å². The number of cyclic esters (lactones) is 1. The number of aliphatic hydroxyl groups is 2. The maximum atomic E-state index is 12.5. The highest BCUT2D eigenvalue weighted by Crippen LogP contribution is 2.30. The van der Waals surface area contributed by atoms with Crippen LogP contribution < -0.4 is 4.74 Å². The van der Waals surface area contributed by atoms with Crippen LogP contribution in [-0.4, -0.2) is 52.5 Å². The lowest BCUT2D eigenvalue weighted by Crippen LogP contribution is -2.32. The summed E-state index contributed by atoms with van der Waals surface area (Å²) in [5.41, 5.74) is 0.412. The first kappa shape index (κ1) is 20.7. The van der Waals surface area contributed by atoms with Gasteiger partial charge < -0.3 is 24.8 Å². The number of carbonyl (C=O) groups is 2. The number of carbonyl (C=O) groups excluding carboxylic acids is 2. The molecule has 7 heteroatoms. The van der Waals surface area contributed by atoms with E-state index >= 15 is 0 Å². The zero-order valence-electron chi connectivity index (χ0n) is 15.3. The van der Waals surface area contributed by atoms with E-state index in [1.165, 1.54) is 25.3 Å². The third kappa shape index (κ3) is 5.42. The molecule has 0 aromatic heterocycles. The highest BCUT2D eigenvalue weighted by atomic mass is 16.5. The fraction of sp³-hybridized carbons (Fsp3) is 0.400. The summed E-state index contributed by atoms with van der Waals surface area (Å²) < 4.78 is 10.5. The first-order valence-corrected chi connectivity index (χ1v) is 8.68. The maximum absolute atomic E-state index is 12.5. The third-order valence-electron chi connectivity index (χ3n) is 4.20. The standard InChI is InChI=1S/C20H24O7/c1-12-6-5-9-16(22)19(24)15(21)8-4-3-7-13-10-14(26-2)11-17(23)18(13)20(25)27-12/h3,5,7,9-12,15,19,21,23-24H,4,6,8H2,1-2H3/b7-3+,9-5-/t12-,15+,19+/m1/s1. The number of rotatable bonds is 1. The topological polar surface area (TPSA) is 113 Å². The molecule has 3 atom stereocenters. The summed E-state index contributed by atoms with van der Waals surface area (Å²) in [7, 11) is 1.44. The minimum atomic E-state index is -1.51. The average molecular weight is 376 g/mol. The molecule has 0 spiro atoms. The van der Waals surface area contributed by atoms with E-state index in [1.54, 1.807) is 25.1 Å². The Labute approximate surface area is 157 Å². The van der Waals surface area contributed by atoms with E-state index in [4.69, 9.17) is 9.47 Å². The predicted octanol–water partition coefficient (Wildman–Crippen LogP) is 1.99. The molecule has 2 rings (SSSR count). The normalized spacial score (nSPS) is 26.9. The van der Waals surface area contributed by atoms with Crippen LogP contribution in [0.5, 0.6) is 11.5 Å². The highest BCUT2D eigenvalue weighted by molar-refractivity contribution is 5.97. The van der Waals surface area contributed by atoms with Crippen LogP contribution in [0.25, 0.3) is 6.08 Å². The van der Waals surface area contributed by atoms with Crippen molar-refractivity contribution in [2.45, 2.75) is 44.5 Å². The minimum absolute atomic E-state index is 0.00871. The lowest BCUT2D eigenvalue weighted by molar-refractivity contribution is -0.128. The summed E-state index contributed by atoms with van der Waals surface area (Å²) in [6.45, 7) is 1.65. The quantitative estimate of drug-likeness (QED) is 0.642. The number of methoxy groups -OCH3 is 1. The molecule has 7 nitrogen and oxygen atoms in total. The van der Waals surface area contributed by atoms with Crippen LogP contribution in [0.1, 0.15) is 42.1 Å². The zero-order chi connectivity index (χ0) is 20.0. The zero-order valence-corrected chi connectivity index (χ0v) is 15.3. The van der Waals surface area contributed by atoms with Crippen LogP contribution in [-0.2, 0) is 9.53 Å². The molecule has 1 heterocycles. The summed E-state index contributed by atoms with van der Waals surface area (Å²) in [6, 6.07) is 2.91. The second-order valence-corrected chi connectivity index (χ2v) is 6.36. The molecular formula is C20H24O7. The minimum Gasteiger partial charge on any atom is -0.507 e. The van der Waals surface area contributed by atoms with Crippen molar-refractivity contribution in [1.29, 1.82) is 0 Å². The number of phenols is 1. The molecule has 1 aromatic carbocycles. The van der Waals surface area contributed by atoms with Crippen LogP contribution in [0.4, 0.5) is 0 Å². The molecule has 0 aliphatic carbocycles. The molecular weight excluding hydrogens is 352 g/mol. The number of hydrogen-bond acceptors (Lipinski definition) is 7. The van der Waals surface area contributed by atoms with Crippen molar-refractivity contribution in [3.8, 4) is 11.5 Å². The van der Waals surface area contributed by atoms with Crippen LogP contribution in [0.15, 0.2) is 30.4 Å². The number of esters is 1.